The minimum atomic E-state index is -1.10. The van der Waals surface area contributed by atoms with Gasteiger partial charge in [-0.1, -0.05) is 18.2 Å². The molecule has 0 aliphatic carbocycles. The van der Waals surface area contributed by atoms with Crippen molar-refractivity contribution in [3.8, 4) is 0 Å². The lowest BCUT2D eigenvalue weighted by Crippen LogP contribution is -2.53. The zero-order valence-electron chi connectivity index (χ0n) is 9.01. The molecule has 1 N–H and O–H groups in total. The number of rotatable bonds is 0. The Morgan fingerprint density at radius 2 is 2.25 bits per heavy atom. The summed E-state index contributed by atoms with van der Waals surface area (Å²) in [6, 6.07) is 7.37. The average Bonchev–Trinajstić information content (AvgIpc) is 2.53. The number of hydrogen-bond acceptors (Lipinski definition) is 3. The van der Waals surface area contributed by atoms with Crippen LogP contribution in [-0.2, 0) is 5.72 Å². The number of carbonyl (C=O) groups excluding carboxylic acids is 1. The van der Waals surface area contributed by atoms with Crippen molar-refractivity contribution in [2.24, 2.45) is 0 Å². The molecule has 16 heavy (non-hydrogen) atoms. The third-order valence-corrected chi connectivity index (χ3v) is 4.71. The first-order chi connectivity index (χ1) is 7.65. The largest absolute Gasteiger partial charge is 0.366 e. The number of thioether (sulfide) groups is 1. The molecule has 0 radical (unpaired) electrons. The Morgan fingerprint density at radius 3 is 3.06 bits per heavy atom. The van der Waals surface area contributed by atoms with Crippen LogP contribution in [-0.4, -0.2) is 33.5 Å². The number of benzene rings is 1. The Balaban J connectivity index is 2.22. The summed E-state index contributed by atoms with van der Waals surface area (Å²) in [5, 5.41) is 10.8. The standard InChI is InChI=1S/C12H13NO2S/c1-8-12(15)10-5-3-2-4-9(10)11(14)13(12)6-7-16-8/h2-5,8,15H,6-7H2,1H3/t8-,12+/m1/s1. The van der Waals surface area contributed by atoms with Crippen LogP contribution < -0.4 is 0 Å². The summed E-state index contributed by atoms with van der Waals surface area (Å²) in [6.07, 6.45) is 0. The van der Waals surface area contributed by atoms with E-state index in [1.54, 1.807) is 22.7 Å². The molecule has 2 aliphatic rings. The fourth-order valence-corrected chi connectivity index (χ4v) is 3.71. The summed E-state index contributed by atoms with van der Waals surface area (Å²) in [7, 11) is 0. The van der Waals surface area contributed by atoms with E-state index in [0.29, 0.717) is 12.1 Å². The molecule has 0 unspecified atom stereocenters. The molecule has 1 aromatic rings. The lowest BCUT2D eigenvalue weighted by atomic mass is 9.98. The molecule has 0 spiro atoms. The molecule has 4 heteroatoms. The van der Waals surface area contributed by atoms with Crippen LogP contribution in [0, 0.1) is 0 Å². The molecule has 0 aromatic heterocycles. The Morgan fingerprint density at radius 1 is 1.50 bits per heavy atom. The van der Waals surface area contributed by atoms with E-state index in [0.717, 1.165) is 11.3 Å². The van der Waals surface area contributed by atoms with Gasteiger partial charge in [0.05, 0.1) is 5.25 Å². The van der Waals surface area contributed by atoms with E-state index in [9.17, 15) is 9.90 Å². The summed E-state index contributed by atoms with van der Waals surface area (Å²) in [4.78, 5) is 13.7. The molecule has 1 amide bonds. The maximum absolute atomic E-state index is 12.1. The lowest BCUT2D eigenvalue weighted by Gasteiger charge is -2.42. The molecule has 0 bridgehead atoms. The first-order valence-electron chi connectivity index (χ1n) is 5.41. The molecule has 2 atom stereocenters. The van der Waals surface area contributed by atoms with Crippen LogP contribution in [0.2, 0.25) is 0 Å². The maximum Gasteiger partial charge on any atom is 0.256 e. The van der Waals surface area contributed by atoms with E-state index in [4.69, 9.17) is 0 Å². The Hall–Kier alpha value is -1.00. The van der Waals surface area contributed by atoms with Gasteiger partial charge in [-0.15, -0.1) is 0 Å². The van der Waals surface area contributed by atoms with E-state index in [-0.39, 0.29) is 11.2 Å². The quantitative estimate of drug-likeness (QED) is 0.739. The molecule has 2 aliphatic heterocycles. The van der Waals surface area contributed by atoms with Gasteiger partial charge in [0.25, 0.3) is 5.91 Å². The zero-order chi connectivity index (χ0) is 11.3. The van der Waals surface area contributed by atoms with Gasteiger partial charge in [-0.05, 0) is 13.0 Å². The van der Waals surface area contributed by atoms with Crippen LogP contribution in [0.15, 0.2) is 24.3 Å². The fourth-order valence-electron chi connectivity index (χ4n) is 2.58. The van der Waals surface area contributed by atoms with Gasteiger partial charge >= 0.3 is 0 Å². The van der Waals surface area contributed by atoms with Crippen molar-refractivity contribution in [1.29, 1.82) is 0 Å². The number of hydrogen-bond donors (Lipinski definition) is 1. The minimum absolute atomic E-state index is 0.0221. The second kappa shape index (κ2) is 3.25. The van der Waals surface area contributed by atoms with Crippen LogP contribution in [0.5, 0.6) is 0 Å². The van der Waals surface area contributed by atoms with Gasteiger partial charge in [0.2, 0.25) is 0 Å². The molecular weight excluding hydrogens is 222 g/mol. The van der Waals surface area contributed by atoms with E-state index in [1.165, 1.54) is 0 Å². The predicted octanol–water partition coefficient (Wildman–Crippen LogP) is 1.42. The smallest absolute Gasteiger partial charge is 0.256 e. The average molecular weight is 235 g/mol. The van der Waals surface area contributed by atoms with Crippen LogP contribution >= 0.6 is 11.8 Å². The molecule has 1 fully saturated rings. The van der Waals surface area contributed by atoms with E-state index in [2.05, 4.69) is 0 Å². The number of nitrogens with zero attached hydrogens (tertiary/aromatic N) is 1. The highest BCUT2D eigenvalue weighted by molar-refractivity contribution is 8.00. The Bertz CT molecular complexity index is 462. The molecule has 0 saturated carbocycles. The molecule has 3 nitrogen and oxygen atoms in total. The van der Waals surface area contributed by atoms with Crippen LogP contribution in [0.1, 0.15) is 22.8 Å². The van der Waals surface area contributed by atoms with Gasteiger partial charge in [-0.25, -0.2) is 0 Å². The van der Waals surface area contributed by atoms with Crippen LogP contribution in [0.4, 0.5) is 0 Å². The lowest BCUT2D eigenvalue weighted by molar-refractivity contribution is -0.0830. The highest BCUT2D eigenvalue weighted by Gasteiger charge is 2.53. The molecule has 1 aromatic carbocycles. The van der Waals surface area contributed by atoms with Gasteiger partial charge in [-0.3, -0.25) is 4.79 Å². The number of carbonyl (C=O) groups is 1. The second-order valence-electron chi connectivity index (χ2n) is 4.24. The van der Waals surface area contributed by atoms with E-state index < -0.39 is 5.72 Å². The molecule has 84 valence electrons. The predicted molar refractivity (Wildman–Crippen MR) is 63.3 cm³/mol. The van der Waals surface area contributed by atoms with Crippen molar-refractivity contribution >= 4 is 17.7 Å². The highest BCUT2D eigenvalue weighted by atomic mass is 32.2. The van der Waals surface area contributed by atoms with Gasteiger partial charge in [0.1, 0.15) is 0 Å². The van der Waals surface area contributed by atoms with Crippen molar-refractivity contribution < 1.29 is 9.90 Å². The minimum Gasteiger partial charge on any atom is -0.366 e. The summed E-state index contributed by atoms with van der Waals surface area (Å²) >= 11 is 1.72. The number of amides is 1. The Kier molecular flexibility index (Phi) is 2.06. The maximum atomic E-state index is 12.1. The molecular formula is C12H13NO2S. The van der Waals surface area contributed by atoms with E-state index in [1.807, 2.05) is 25.1 Å². The number of aliphatic hydroxyl groups is 1. The van der Waals surface area contributed by atoms with Crippen molar-refractivity contribution in [2.45, 2.75) is 17.9 Å². The fraction of sp³-hybridized carbons (Fsp3) is 0.417. The van der Waals surface area contributed by atoms with Crippen molar-refractivity contribution in [1.82, 2.24) is 4.90 Å². The van der Waals surface area contributed by atoms with Crippen LogP contribution in [0.3, 0.4) is 0 Å². The van der Waals surface area contributed by atoms with Crippen molar-refractivity contribution in [3.05, 3.63) is 35.4 Å². The van der Waals surface area contributed by atoms with Crippen molar-refractivity contribution in [2.75, 3.05) is 12.3 Å². The van der Waals surface area contributed by atoms with Gasteiger partial charge < -0.3 is 10.0 Å². The zero-order valence-corrected chi connectivity index (χ0v) is 9.83. The SMILES string of the molecule is C[C@H]1SCCN2C(=O)c3ccccc3[C@@]12O. The summed E-state index contributed by atoms with van der Waals surface area (Å²) < 4.78 is 0. The summed E-state index contributed by atoms with van der Waals surface area (Å²) in [5.74, 6) is 0.855. The summed E-state index contributed by atoms with van der Waals surface area (Å²) in [6.45, 7) is 2.60. The Labute approximate surface area is 98.4 Å². The number of fused-ring (bicyclic) bond motifs is 3. The topological polar surface area (TPSA) is 40.5 Å². The molecule has 3 rings (SSSR count). The van der Waals surface area contributed by atoms with Gasteiger partial charge in [-0.2, -0.15) is 11.8 Å². The summed E-state index contributed by atoms with van der Waals surface area (Å²) in [5.41, 5.74) is 0.315. The highest BCUT2D eigenvalue weighted by Crippen LogP contribution is 2.46. The first kappa shape index (κ1) is 10.2. The second-order valence-corrected chi connectivity index (χ2v) is 5.69. The van der Waals surface area contributed by atoms with Crippen molar-refractivity contribution in [3.63, 3.8) is 0 Å². The normalized spacial score (nSPS) is 32.5. The first-order valence-corrected chi connectivity index (χ1v) is 6.46. The third kappa shape index (κ3) is 1.06. The van der Waals surface area contributed by atoms with Gasteiger partial charge in [0, 0.05) is 23.4 Å². The molecule has 2 heterocycles. The monoisotopic (exact) mass is 235 g/mol. The van der Waals surface area contributed by atoms with Gasteiger partial charge in [0.15, 0.2) is 5.72 Å². The molecule has 1 saturated heterocycles. The van der Waals surface area contributed by atoms with Crippen LogP contribution in [0.25, 0.3) is 0 Å². The van der Waals surface area contributed by atoms with E-state index >= 15 is 0 Å². The third-order valence-electron chi connectivity index (χ3n) is 3.46.